The fourth-order valence-electron chi connectivity index (χ4n) is 1.06. The normalized spacial score (nSPS) is 17.5. The zero-order valence-corrected chi connectivity index (χ0v) is 5.88. The SMILES string of the molecule is NCOC(=O)N1CCCC1. The average Bonchev–Trinajstić information content (AvgIpc) is 2.38. The highest BCUT2D eigenvalue weighted by Gasteiger charge is 2.17. The average molecular weight is 144 g/mol. The second kappa shape index (κ2) is 3.41. The highest BCUT2D eigenvalue weighted by atomic mass is 16.6. The zero-order chi connectivity index (χ0) is 7.40. The molecule has 0 saturated carbocycles. The van der Waals surface area contributed by atoms with Crippen molar-refractivity contribution in [1.29, 1.82) is 0 Å². The van der Waals surface area contributed by atoms with Crippen molar-refractivity contribution in [3.63, 3.8) is 0 Å². The van der Waals surface area contributed by atoms with Crippen LogP contribution in [-0.4, -0.2) is 30.8 Å². The molecule has 1 heterocycles. The second-order valence-corrected chi connectivity index (χ2v) is 2.27. The van der Waals surface area contributed by atoms with Crippen molar-refractivity contribution >= 4 is 6.09 Å². The van der Waals surface area contributed by atoms with E-state index in [-0.39, 0.29) is 12.8 Å². The molecule has 0 aromatic heterocycles. The molecule has 1 aliphatic heterocycles. The summed E-state index contributed by atoms with van der Waals surface area (Å²) >= 11 is 0. The van der Waals surface area contributed by atoms with E-state index in [9.17, 15) is 4.79 Å². The van der Waals surface area contributed by atoms with Crippen molar-refractivity contribution in [1.82, 2.24) is 4.90 Å². The first-order valence-corrected chi connectivity index (χ1v) is 3.46. The van der Waals surface area contributed by atoms with Gasteiger partial charge in [-0.25, -0.2) is 4.79 Å². The van der Waals surface area contributed by atoms with E-state index in [0.29, 0.717) is 0 Å². The van der Waals surface area contributed by atoms with Crippen LogP contribution in [0.2, 0.25) is 0 Å². The van der Waals surface area contributed by atoms with Gasteiger partial charge >= 0.3 is 6.09 Å². The van der Waals surface area contributed by atoms with Gasteiger partial charge in [0.1, 0.15) is 6.73 Å². The van der Waals surface area contributed by atoms with Crippen molar-refractivity contribution in [2.24, 2.45) is 5.73 Å². The molecule has 0 bridgehead atoms. The first-order chi connectivity index (χ1) is 4.84. The number of amides is 1. The summed E-state index contributed by atoms with van der Waals surface area (Å²) in [6.45, 7) is 1.62. The van der Waals surface area contributed by atoms with Gasteiger partial charge in [-0.15, -0.1) is 0 Å². The van der Waals surface area contributed by atoms with Crippen LogP contribution in [0.25, 0.3) is 0 Å². The number of rotatable bonds is 1. The summed E-state index contributed by atoms with van der Waals surface area (Å²) in [5.74, 6) is 0. The van der Waals surface area contributed by atoms with Gasteiger partial charge < -0.3 is 9.64 Å². The molecule has 10 heavy (non-hydrogen) atoms. The minimum absolute atomic E-state index is 0.0185. The summed E-state index contributed by atoms with van der Waals surface area (Å²) in [5, 5.41) is 0. The fourth-order valence-corrected chi connectivity index (χ4v) is 1.06. The highest BCUT2D eigenvalue weighted by Crippen LogP contribution is 2.07. The third kappa shape index (κ3) is 1.60. The van der Waals surface area contributed by atoms with Crippen LogP contribution in [0.3, 0.4) is 0 Å². The Labute approximate surface area is 59.9 Å². The maximum absolute atomic E-state index is 10.9. The molecule has 58 valence electrons. The Balaban J connectivity index is 2.25. The van der Waals surface area contributed by atoms with Crippen LogP contribution >= 0.6 is 0 Å². The largest absolute Gasteiger partial charge is 0.434 e. The number of nitrogens with zero attached hydrogens (tertiary/aromatic N) is 1. The first-order valence-electron chi connectivity index (χ1n) is 3.46. The van der Waals surface area contributed by atoms with Crippen LogP contribution in [0.1, 0.15) is 12.8 Å². The van der Waals surface area contributed by atoms with Crippen LogP contribution in [0.5, 0.6) is 0 Å². The molecular formula is C6H12N2O2. The number of nitrogens with two attached hydrogens (primary N) is 1. The smallest absolute Gasteiger partial charge is 0.411 e. The number of carbonyl (C=O) groups excluding carboxylic acids is 1. The molecule has 0 unspecified atom stereocenters. The Morgan fingerprint density at radius 3 is 2.60 bits per heavy atom. The summed E-state index contributed by atoms with van der Waals surface area (Å²) < 4.78 is 4.59. The van der Waals surface area contributed by atoms with Gasteiger partial charge in [-0.05, 0) is 12.8 Å². The van der Waals surface area contributed by atoms with Gasteiger partial charge in [-0.2, -0.15) is 0 Å². The zero-order valence-electron chi connectivity index (χ0n) is 5.88. The maximum atomic E-state index is 10.9. The van der Waals surface area contributed by atoms with E-state index in [1.54, 1.807) is 4.90 Å². The van der Waals surface area contributed by atoms with E-state index in [0.717, 1.165) is 25.9 Å². The Morgan fingerprint density at radius 2 is 2.10 bits per heavy atom. The Kier molecular flexibility index (Phi) is 2.50. The standard InChI is InChI=1S/C6H12N2O2/c7-5-10-6(9)8-3-1-2-4-8/h1-5,7H2. The van der Waals surface area contributed by atoms with Gasteiger partial charge in [0, 0.05) is 13.1 Å². The lowest BCUT2D eigenvalue weighted by atomic mass is 10.4. The van der Waals surface area contributed by atoms with Crippen molar-refractivity contribution in [3.05, 3.63) is 0 Å². The summed E-state index contributed by atoms with van der Waals surface area (Å²) in [6, 6.07) is 0. The van der Waals surface area contributed by atoms with E-state index in [2.05, 4.69) is 4.74 Å². The third-order valence-electron chi connectivity index (χ3n) is 1.57. The van der Waals surface area contributed by atoms with Gasteiger partial charge in [-0.3, -0.25) is 5.73 Å². The molecule has 1 amide bonds. The lowest BCUT2D eigenvalue weighted by Crippen LogP contribution is -2.29. The van der Waals surface area contributed by atoms with Gasteiger partial charge in [0.05, 0.1) is 0 Å². The third-order valence-corrected chi connectivity index (χ3v) is 1.57. The molecule has 0 aromatic rings. The van der Waals surface area contributed by atoms with Crippen LogP contribution < -0.4 is 5.73 Å². The molecule has 0 aliphatic carbocycles. The molecule has 1 fully saturated rings. The monoisotopic (exact) mass is 144 g/mol. The fraction of sp³-hybridized carbons (Fsp3) is 0.833. The molecule has 0 atom stereocenters. The Bertz CT molecular complexity index is 121. The lowest BCUT2D eigenvalue weighted by Gasteiger charge is -2.13. The molecule has 2 N–H and O–H groups in total. The minimum atomic E-state index is -0.278. The summed E-state index contributed by atoms with van der Waals surface area (Å²) in [4.78, 5) is 12.5. The van der Waals surface area contributed by atoms with E-state index in [1.807, 2.05) is 0 Å². The Hall–Kier alpha value is -0.770. The van der Waals surface area contributed by atoms with E-state index in [1.165, 1.54) is 0 Å². The van der Waals surface area contributed by atoms with E-state index in [4.69, 9.17) is 5.73 Å². The lowest BCUT2D eigenvalue weighted by molar-refractivity contribution is 0.113. The highest BCUT2D eigenvalue weighted by molar-refractivity contribution is 5.67. The van der Waals surface area contributed by atoms with Crippen LogP contribution in [0.4, 0.5) is 4.79 Å². The maximum Gasteiger partial charge on any atom is 0.411 e. The second-order valence-electron chi connectivity index (χ2n) is 2.27. The van der Waals surface area contributed by atoms with Crippen molar-refractivity contribution in [2.45, 2.75) is 12.8 Å². The summed E-state index contributed by atoms with van der Waals surface area (Å²) in [5.41, 5.74) is 5.03. The number of hydrogen-bond donors (Lipinski definition) is 1. The predicted molar refractivity (Wildman–Crippen MR) is 36.3 cm³/mol. The quantitative estimate of drug-likeness (QED) is 0.532. The number of ether oxygens (including phenoxy) is 1. The van der Waals surface area contributed by atoms with Crippen molar-refractivity contribution in [3.8, 4) is 0 Å². The predicted octanol–water partition coefficient (Wildman–Crippen LogP) is 0.135. The summed E-state index contributed by atoms with van der Waals surface area (Å²) in [7, 11) is 0. The number of hydrogen-bond acceptors (Lipinski definition) is 3. The van der Waals surface area contributed by atoms with Gasteiger partial charge in [0.25, 0.3) is 0 Å². The molecule has 0 radical (unpaired) electrons. The molecule has 0 aromatic carbocycles. The molecule has 4 heteroatoms. The van der Waals surface area contributed by atoms with Crippen molar-refractivity contribution in [2.75, 3.05) is 19.8 Å². The minimum Gasteiger partial charge on any atom is -0.434 e. The molecule has 0 spiro atoms. The van der Waals surface area contributed by atoms with Crippen LogP contribution in [-0.2, 0) is 4.74 Å². The number of carbonyl (C=O) groups is 1. The Morgan fingerprint density at radius 1 is 1.50 bits per heavy atom. The van der Waals surface area contributed by atoms with Gasteiger partial charge in [-0.1, -0.05) is 0 Å². The first kappa shape index (κ1) is 7.34. The van der Waals surface area contributed by atoms with E-state index < -0.39 is 0 Å². The number of likely N-dealkylation sites (tertiary alicyclic amines) is 1. The van der Waals surface area contributed by atoms with E-state index >= 15 is 0 Å². The molecule has 1 aliphatic rings. The molecule has 1 rings (SSSR count). The molecule has 4 nitrogen and oxygen atoms in total. The summed E-state index contributed by atoms with van der Waals surface area (Å²) in [6.07, 6.45) is 1.89. The topological polar surface area (TPSA) is 55.6 Å². The van der Waals surface area contributed by atoms with Gasteiger partial charge in [0.2, 0.25) is 0 Å². The van der Waals surface area contributed by atoms with Crippen LogP contribution in [0.15, 0.2) is 0 Å². The van der Waals surface area contributed by atoms with Crippen molar-refractivity contribution < 1.29 is 9.53 Å². The molecule has 1 saturated heterocycles. The van der Waals surface area contributed by atoms with Crippen LogP contribution in [0, 0.1) is 0 Å². The van der Waals surface area contributed by atoms with Gasteiger partial charge in [0.15, 0.2) is 0 Å². The molecular weight excluding hydrogens is 132 g/mol.